The first kappa shape index (κ1) is 21.1. The maximum Gasteiger partial charge on any atom is 0.274 e. The lowest BCUT2D eigenvalue weighted by atomic mass is 9.75. The molecule has 33 heavy (non-hydrogen) atoms. The minimum absolute atomic E-state index is 0.0149. The summed E-state index contributed by atoms with van der Waals surface area (Å²) >= 11 is 0. The Morgan fingerprint density at radius 2 is 1.82 bits per heavy atom. The normalized spacial score (nSPS) is 20.4. The van der Waals surface area contributed by atoms with Crippen molar-refractivity contribution < 1.29 is 14.4 Å². The van der Waals surface area contributed by atoms with Gasteiger partial charge in [0.15, 0.2) is 5.78 Å². The van der Waals surface area contributed by atoms with Crippen LogP contribution in [0.15, 0.2) is 42.7 Å². The smallest absolute Gasteiger partial charge is 0.274 e. The third kappa shape index (κ3) is 3.94. The number of ketones is 1. The number of likely N-dealkylation sites (N-methyl/N-ethyl adjacent to an activating group) is 1. The second-order valence-electron chi connectivity index (χ2n) is 8.76. The SMILES string of the molecule is CN1CCn2ncc(NC(=O)C3CCCCC3C(=O)c3ccc(-c4ccn[nH]4)cc3)c2C1=O. The summed E-state index contributed by atoms with van der Waals surface area (Å²) in [7, 11) is 1.73. The van der Waals surface area contributed by atoms with Gasteiger partial charge in [-0.2, -0.15) is 10.2 Å². The van der Waals surface area contributed by atoms with Gasteiger partial charge in [0.1, 0.15) is 5.69 Å². The van der Waals surface area contributed by atoms with Crippen molar-refractivity contribution >= 4 is 23.3 Å². The maximum absolute atomic E-state index is 13.4. The van der Waals surface area contributed by atoms with E-state index in [4.69, 9.17) is 0 Å². The number of aromatic amines is 1. The van der Waals surface area contributed by atoms with Gasteiger partial charge in [0, 0.05) is 37.2 Å². The number of nitrogens with one attached hydrogen (secondary N) is 2. The molecule has 9 heteroatoms. The van der Waals surface area contributed by atoms with E-state index in [2.05, 4.69) is 20.6 Å². The van der Waals surface area contributed by atoms with Gasteiger partial charge in [0.2, 0.25) is 5.91 Å². The zero-order valence-electron chi connectivity index (χ0n) is 18.5. The number of aromatic nitrogens is 4. The summed E-state index contributed by atoms with van der Waals surface area (Å²) in [4.78, 5) is 40.8. The zero-order valence-corrected chi connectivity index (χ0v) is 18.5. The van der Waals surface area contributed by atoms with Gasteiger partial charge in [-0.15, -0.1) is 0 Å². The largest absolute Gasteiger partial charge is 0.338 e. The highest BCUT2D eigenvalue weighted by molar-refractivity contribution is 6.06. The molecule has 1 aromatic carbocycles. The van der Waals surface area contributed by atoms with E-state index in [1.54, 1.807) is 22.8 Å². The first-order valence-corrected chi connectivity index (χ1v) is 11.3. The summed E-state index contributed by atoms with van der Waals surface area (Å²) in [6.07, 6.45) is 6.34. The molecule has 0 spiro atoms. The van der Waals surface area contributed by atoms with Crippen LogP contribution in [-0.2, 0) is 11.3 Å². The molecule has 2 aromatic heterocycles. The highest BCUT2D eigenvalue weighted by atomic mass is 16.2. The Bertz CT molecular complexity index is 1180. The van der Waals surface area contributed by atoms with Crippen LogP contribution in [0.5, 0.6) is 0 Å². The summed E-state index contributed by atoms with van der Waals surface area (Å²) < 4.78 is 1.63. The Balaban J connectivity index is 1.34. The quantitative estimate of drug-likeness (QED) is 0.585. The van der Waals surface area contributed by atoms with Crippen LogP contribution in [0.4, 0.5) is 5.69 Å². The summed E-state index contributed by atoms with van der Waals surface area (Å²) in [5.74, 6) is -1.23. The van der Waals surface area contributed by atoms with Crippen LogP contribution in [0.2, 0.25) is 0 Å². The topological polar surface area (TPSA) is 113 Å². The van der Waals surface area contributed by atoms with Crippen molar-refractivity contribution in [2.75, 3.05) is 18.9 Å². The van der Waals surface area contributed by atoms with E-state index in [-0.39, 0.29) is 23.5 Å². The first-order valence-electron chi connectivity index (χ1n) is 11.3. The number of benzene rings is 1. The van der Waals surface area contributed by atoms with Gasteiger partial charge in [0.05, 0.1) is 24.1 Å². The van der Waals surface area contributed by atoms with Crippen molar-refractivity contribution in [3.05, 3.63) is 54.0 Å². The number of anilines is 1. The Morgan fingerprint density at radius 1 is 1.06 bits per heavy atom. The molecular weight excluding hydrogens is 420 g/mol. The molecule has 2 atom stereocenters. The molecule has 2 aliphatic rings. The van der Waals surface area contributed by atoms with Gasteiger partial charge < -0.3 is 10.2 Å². The molecule has 0 saturated heterocycles. The summed E-state index contributed by atoms with van der Waals surface area (Å²) in [6.45, 7) is 1.17. The van der Waals surface area contributed by atoms with E-state index in [9.17, 15) is 14.4 Å². The van der Waals surface area contributed by atoms with Gasteiger partial charge in [0.25, 0.3) is 5.91 Å². The molecule has 0 bridgehead atoms. The Kier molecular flexibility index (Phi) is 5.53. The zero-order chi connectivity index (χ0) is 22.9. The maximum atomic E-state index is 13.4. The minimum atomic E-state index is -0.439. The van der Waals surface area contributed by atoms with E-state index < -0.39 is 5.92 Å². The molecule has 9 nitrogen and oxygen atoms in total. The lowest BCUT2D eigenvalue weighted by Gasteiger charge is -2.30. The standard InChI is InChI=1S/C24H26N6O3/c1-29-12-13-30-21(24(29)33)20(14-26-30)27-23(32)18-5-3-2-4-17(18)22(31)16-8-6-15(7-9-16)19-10-11-25-28-19/h6-11,14,17-18H,2-5,12-13H2,1H3,(H,25,28)(H,27,32). The molecule has 2 amide bonds. The number of hydrogen-bond donors (Lipinski definition) is 2. The first-order chi connectivity index (χ1) is 16.0. The van der Waals surface area contributed by atoms with Crippen LogP contribution in [0.1, 0.15) is 46.5 Å². The Labute approximate surface area is 191 Å². The number of fused-ring (bicyclic) bond motifs is 1. The number of H-pyrrole nitrogens is 1. The lowest BCUT2D eigenvalue weighted by molar-refractivity contribution is -0.122. The van der Waals surface area contributed by atoms with Crippen LogP contribution >= 0.6 is 0 Å². The summed E-state index contributed by atoms with van der Waals surface area (Å²) in [5.41, 5.74) is 3.24. The van der Waals surface area contributed by atoms with Crippen molar-refractivity contribution in [2.45, 2.75) is 32.2 Å². The van der Waals surface area contributed by atoms with Crippen LogP contribution in [0.25, 0.3) is 11.3 Å². The number of Topliss-reactive ketones (excluding diaryl/α,β-unsaturated/α-hetero) is 1. The number of amides is 2. The molecule has 3 heterocycles. The van der Waals surface area contributed by atoms with Gasteiger partial charge in [-0.1, -0.05) is 37.1 Å². The van der Waals surface area contributed by atoms with Crippen molar-refractivity contribution in [1.29, 1.82) is 0 Å². The number of carbonyl (C=O) groups excluding carboxylic acids is 3. The van der Waals surface area contributed by atoms with Gasteiger partial charge in [-0.05, 0) is 24.5 Å². The highest BCUT2D eigenvalue weighted by Gasteiger charge is 2.37. The third-order valence-electron chi connectivity index (χ3n) is 6.71. The average molecular weight is 447 g/mol. The fourth-order valence-electron chi connectivity index (χ4n) is 4.83. The molecule has 1 aliphatic heterocycles. The van der Waals surface area contributed by atoms with E-state index in [1.165, 1.54) is 6.20 Å². The van der Waals surface area contributed by atoms with Crippen LogP contribution in [0, 0.1) is 11.8 Å². The molecule has 2 unspecified atom stereocenters. The predicted octanol–water partition coefficient (Wildman–Crippen LogP) is 2.99. The number of hydrogen-bond acceptors (Lipinski definition) is 5. The minimum Gasteiger partial charge on any atom is -0.338 e. The molecule has 0 radical (unpaired) electrons. The van der Waals surface area contributed by atoms with Crippen molar-refractivity contribution in [2.24, 2.45) is 11.8 Å². The number of rotatable bonds is 5. The number of carbonyl (C=O) groups is 3. The summed E-state index contributed by atoms with van der Waals surface area (Å²) in [6, 6.07) is 9.27. The summed E-state index contributed by atoms with van der Waals surface area (Å²) in [5, 5.41) is 14.0. The van der Waals surface area contributed by atoms with E-state index in [0.29, 0.717) is 42.9 Å². The van der Waals surface area contributed by atoms with Crippen molar-refractivity contribution in [3.8, 4) is 11.3 Å². The molecular formula is C24H26N6O3. The average Bonchev–Trinajstić information content (AvgIpc) is 3.52. The number of nitrogens with zero attached hydrogens (tertiary/aromatic N) is 4. The van der Waals surface area contributed by atoms with Gasteiger partial charge in [-0.3, -0.25) is 24.2 Å². The fourth-order valence-corrected chi connectivity index (χ4v) is 4.83. The van der Waals surface area contributed by atoms with Crippen molar-refractivity contribution in [1.82, 2.24) is 24.9 Å². The van der Waals surface area contributed by atoms with Gasteiger partial charge in [-0.25, -0.2) is 0 Å². The van der Waals surface area contributed by atoms with Gasteiger partial charge >= 0.3 is 0 Å². The second kappa shape index (κ2) is 8.65. The van der Waals surface area contributed by atoms with E-state index in [1.807, 2.05) is 30.3 Å². The second-order valence-corrected chi connectivity index (χ2v) is 8.76. The highest BCUT2D eigenvalue weighted by Crippen LogP contribution is 2.34. The Hall–Kier alpha value is -3.75. The van der Waals surface area contributed by atoms with E-state index >= 15 is 0 Å². The predicted molar refractivity (Wildman–Crippen MR) is 122 cm³/mol. The van der Waals surface area contributed by atoms with Crippen LogP contribution in [-0.4, -0.2) is 56.1 Å². The van der Waals surface area contributed by atoms with Crippen LogP contribution in [0.3, 0.4) is 0 Å². The molecule has 170 valence electrons. The molecule has 5 rings (SSSR count). The molecule has 3 aromatic rings. The fraction of sp³-hybridized carbons (Fsp3) is 0.375. The molecule has 1 aliphatic carbocycles. The molecule has 1 saturated carbocycles. The third-order valence-corrected chi connectivity index (χ3v) is 6.71. The lowest BCUT2D eigenvalue weighted by Crippen LogP contribution is -2.39. The van der Waals surface area contributed by atoms with E-state index in [0.717, 1.165) is 24.1 Å². The Morgan fingerprint density at radius 3 is 2.55 bits per heavy atom. The molecule has 1 fully saturated rings. The van der Waals surface area contributed by atoms with Crippen LogP contribution < -0.4 is 5.32 Å². The molecule has 2 N–H and O–H groups in total. The monoisotopic (exact) mass is 446 g/mol. The van der Waals surface area contributed by atoms with Crippen molar-refractivity contribution in [3.63, 3.8) is 0 Å².